The van der Waals surface area contributed by atoms with Gasteiger partial charge in [0.1, 0.15) is 11.6 Å². The molecule has 190 valence electrons. The Morgan fingerprint density at radius 1 is 1.05 bits per heavy atom. The molecule has 0 atom stereocenters. The Kier molecular flexibility index (Phi) is 5.76. The highest BCUT2D eigenvalue weighted by Gasteiger charge is 2.28. The monoisotopic (exact) mass is 530 g/mol. The molecule has 6 rings (SSSR count). The highest BCUT2D eigenvalue weighted by molar-refractivity contribution is 6.31. The van der Waals surface area contributed by atoms with Crippen molar-refractivity contribution in [2.75, 3.05) is 23.4 Å². The van der Waals surface area contributed by atoms with E-state index in [9.17, 15) is 18.4 Å². The predicted octanol–water partition coefficient (Wildman–Crippen LogP) is 3.77. The summed E-state index contributed by atoms with van der Waals surface area (Å²) in [4.78, 5) is 33.4. The molecule has 2 aromatic carbocycles. The molecule has 0 fully saturated rings. The minimum Gasteiger partial charge on any atom is -0.350 e. The van der Waals surface area contributed by atoms with Crippen LogP contribution in [-0.2, 0) is 11.3 Å². The van der Waals surface area contributed by atoms with Gasteiger partial charge in [-0.25, -0.2) is 8.78 Å². The summed E-state index contributed by atoms with van der Waals surface area (Å²) in [6, 6.07) is 13.8. The zero-order chi connectivity index (χ0) is 26.6. The maximum atomic E-state index is 13.7. The molecule has 0 radical (unpaired) electrons. The zero-order valence-corrected chi connectivity index (χ0v) is 20.9. The molecule has 0 saturated carbocycles. The number of aromatic nitrogens is 1. The molecular weight excluding hydrogens is 510 g/mol. The lowest BCUT2D eigenvalue weighted by Crippen LogP contribution is -2.32. The molecule has 6 nitrogen and oxygen atoms in total. The molecule has 3 aliphatic heterocycles. The van der Waals surface area contributed by atoms with Crippen molar-refractivity contribution < 1.29 is 13.6 Å². The Balaban J connectivity index is 1.51. The average molecular weight is 531 g/mol. The van der Waals surface area contributed by atoms with E-state index in [4.69, 9.17) is 11.6 Å². The van der Waals surface area contributed by atoms with Gasteiger partial charge < -0.3 is 20.1 Å². The number of carbonyl (C=O) groups excluding carboxylic acids is 1. The van der Waals surface area contributed by atoms with Crippen LogP contribution in [0.1, 0.15) is 5.56 Å². The van der Waals surface area contributed by atoms with Crippen LogP contribution >= 0.6 is 11.6 Å². The van der Waals surface area contributed by atoms with Gasteiger partial charge in [0.15, 0.2) is 0 Å². The van der Waals surface area contributed by atoms with Crippen LogP contribution in [0.4, 0.5) is 25.8 Å². The van der Waals surface area contributed by atoms with Crippen LogP contribution in [0.2, 0.25) is 5.02 Å². The first kappa shape index (κ1) is 23.9. The van der Waals surface area contributed by atoms with E-state index >= 15 is 0 Å². The second-order valence-electron chi connectivity index (χ2n) is 9.15. The largest absolute Gasteiger partial charge is 0.350 e. The first-order valence-electron chi connectivity index (χ1n) is 11.9. The second-order valence-corrected chi connectivity index (χ2v) is 9.56. The van der Waals surface area contributed by atoms with E-state index in [1.807, 2.05) is 35.1 Å². The fraction of sp³-hybridized carbons (Fsp3) is 0.103. The van der Waals surface area contributed by atoms with Crippen molar-refractivity contribution in [1.29, 1.82) is 0 Å². The molecule has 0 saturated heterocycles. The van der Waals surface area contributed by atoms with Crippen molar-refractivity contribution in [3.8, 4) is 11.1 Å². The minimum absolute atomic E-state index is 0.0337. The quantitative estimate of drug-likeness (QED) is 0.421. The van der Waals surface area contributed by atoms with Gasteiger partial charge in [0.2, 0.25) is 0 Å². The third kappa shape index (κ3) is 3.94. The van der Waals surface area contributed by atoms with E-state index < -0.39 is 11.7 Å². The number of nitrogens with zero attached hydrogens (tertiary/aromatic N) is 2. The second kappa shape index (κ2) is 9.15. The Hall–Kier alpha value is -4.43. The normalized spacial score (nSPS) is 13.9. The third-order valence-electron chi connectivity index (χ3n) is 6.86. The Morgan fingerprint density at radius 3 is 2.61 bits per heavy atom. The van der Waals surface area contributed by atoms with E-state index in [-0.39, 0.29) is 17.9 Å². The maximum Gasteiger partial charge on any atom is 0.258 e. The predicted molar refractivity (Wildman–Crippen MR) is 145 cm³/mol. The summed E-state index contributed by atoms with van der Waals surface area (Å²) < 4.78 is 27.3. The third-order valence-corrected chi connectivity index (χ3v) is 7.23. The summed E-state index contributed by atoms with van der Waals surface area (Å²) in [5, 5.41) is 4.43. The Bertz CT molecular complexity index is 1800. The van der Waals surface area contributed by atoms with Crippen LogP contribution < -0.4 is 31.2 Å². The summed E-state index contributed by atoms with van der Waals surface area (Å²) in [5.74, 6) is -1.18. The van der Waals surface area contributed by atoms with Crippen LogP contribution in [0.15, 0.2) is 71.7 Å². The van der Waals surface area contributed by atoms with Crippen molar-refractivity contribution >= 4 is 46.2 Å². The fourth-order valence-electron chi connectivity index (χ4n) is 5.05. The van der Waals surface area contributed by atoms with Crippen molar-refractivity contribution in [1.82, 2.24) is 10.3 Å². The van der Waals surface area contributed by atoms with Crippen LogP contribution in [0.25, 0.3) is 22.8 Å². The van der Waals surface area contributed by atoms with Gasteiger partial charge in [-0.15, -0.1) is 0 Å². The minimum atomic E-state index is -0.447. The number of amides is 1. The van der Waals surface area contributed by atoms with Gasteiger partial charge in [0, 0.05) is 53.2 Å². The lowest BCUT2D eigenvalue weighted by Gasteiger charge is -2.27. The zero-order valence-electron chi connectivity index (χ0n) is 20.2. The van der Waals surface area contributed by atoms with Crippen LogP contribution in [0.3, 0.4) is 0 Å². The molecule has 0 unspecified atom stereocenters. The Labute approximate surface area is 221 Å². The summed E-state index contributed by atoms with van der Waals surface area (Å²) >= 11 is 6.17. The standard InChI is InChI=1S/C29H21ClF2N4O2/c1-35-12-10-21(28(37)33-15-16-14-18(32)4-8-22(16)30)20-7-9-24-25-23(34-29(38)26(25)27(20)35)11-13-36(24)19-5-2-17(31)3-6-19/h2-12,14H,13,15H2,1H3,(H,33,37)(H,34,38). The Morgan fingerprint density at radius 2 is 1.82 bits per heavy atom. The van der Waals surface area contributed by atoms with E-state index in [1.165, 1.54) is 30.3 Å². The number of halogens is 3. The van der Waals surface area contributed by atoms with E-state index in [0.29, 0.717) is 44.5 Å². The first-order valence-corrected chi connectivity index (χ1v) is 12.3. The summed E-state index contributed by atoms with van der Waals surface area (Å²) in [6.45, 7) is 0.508. The number of hydrogen-bond acceptors (Lipinski definition) is 4. The average Bonchev–Trinajstić information content (AvgIpc) is 3.11. The van der Waals surface area contributed by atoms with E-state index in [0.717, 1.165) is 16.9 Å². The number of rotatable bonds is 4. The highest BCUT2D eigenvalue weighted by Crippen LogP contribution is 2.37. The molecule has 2 aromatic rings. The number of H-pyrrole nitrogens is 1. The van der Waals surface area contributed by atoms with Gasteiger partial charge in [-0.1, -0.05) is 11.6 Å². The molecule has 0 aromatic heterocycles. The summed E-state index contributed by atoms with van der Waals surface area (Å²) in [7, 11) is 1.81. The molecule has 0 bridgehead atoms. The van der Waals surface area contributed by atoms with Gasteiger partial charge in [-0.3, -0.25) is 9.59 Å². The van der Waals surface area contributed by atoms with Crippen molar-refractivity contribution in [3.63, 3.8) is 0 Å². The van der Waals surface area contributed by atoms with Gasteiger partial charge in [-0.2, -0.15) is 0 Å². The number of carbonyl (C=O) groups is 1. The lowest BCUT2D eigenvalue weighted by atomic mass is 10.0. The molecule has 2 N–H and O–H groups in total. The van der Waals surface area contributed by atoms with Crippen LogP contribution in [0, 0.1) is 11.6 Å². The van der Waals surface area contributed by atoms with Gasteiger partial charge in [0.05, 0.1) is 22.5 Å². The van der Waals surface area contributed by atoms with Crippen molar-refractivity contribution in [2.24, 2.45) is 0 Å². The molecule has 1 amide bonds. The first-order chi connectivity index (χ1) is 18.3. The SMILES string of the molecule is CN1C=CC(C(=O)NCc2cc(F)ccc2Cl)=c2ccc3c4c([nH]c(=O)c-4c21)=CCN3c1ccc(F)cc1. The van der Waals surface area contributed by atoms with Crippen molar-refractivity contribution in [3.05, 3.63) is 110 Å². The molecular formula is C29H21ClF2N4O2. The number of benzene rings is 2. The topological polar surface area (TPSA) is 68.4 Å². The number of anilines is 3. The van der Waals surface area contributed by atoms with Gasteiger partial charge in [0.25, 0.3) is 11.5 Å². The lowest BCUT2D eigenvalue weighted by molar-refractivity contribution is -0.115. The van der Waals surface area contributed by atoms with E-state index in [2.05, 4.69) is 10.3 Å². The molecule has 9 heteroatoms. The number of nitrogens with one attached hydrogen (secondary N) is 2. The molecule has 3 heterocycles. The summed E-state index contributed by atoms with van der Waals surface area (Å²) in [6.07, 6.45) is 5.33. The number of aromatic amines is 1. The molecule has 4 aliphatic rings. The molecule has 1 aliphatic carbocycles. The van der Waals surface area contributed by atoms with E-state index in [1.54, 1.807) is 24.4 Å². The van der Waals surface area contributed by atoms with Crippen molar-refractivity contribution in [2.45, 2.75) is 6.54 Å². The number of hydrogen-bond donors (Lipinski definition) is 2. The van der Waals surface area contributed by atoms with Crippen LogP contribution in [-0.4, -0.2) is 24.5 Å². The van der Waals surface area contributed by atoms with Gasteiger partial charge in [-0.05, 0) is 72.3 Å². The maximum absolute atomic E-state index is 13.7. The molecule has 0 spiro atoms. The highest BCUT2D eigenvalue weighted by atomic mass is 35.5. The molecule has 38 heavy (non-hydrogen) atoms. The van der Waals surface area contributed by atoms with Gasteiger partial charge >= 0.3 is 0 Å². The smallest absolute Gasteiger partial charge is 0.258 e. The fourth-order valence-corrected chi connectivity index (χ4v) is 5.24. The van der Waals surface area contributed by atoms with Crippen LogP contribution in [0.5, 0.6) is 0 Å². The summed E-state index contributed by atoms with van der Waals surface area (Å²) in [5.41, 5.74) is 3.83. The number of fused-ring (bicyclic) bond motifs is 2.